The van der Waals surface area contributed by atoms with Crippen LogP contribution in [0.15, 0.2) is 0 Å². The second-order valence-corrected chi connectivity index (χ2v) is 4.87. The minimum atomic E-state index is -0.994. The lowest BCUT2D eigenvalue weighted by atomic mass is 9.95. The van der Waals surface area contributed by atoms with Crippen LogP contribution < -0.4 is 5.32 Å². The molecule has 1 heterocycles. The molecule has 0 spiro atoms. The van der Waals surface area contributed by atoms with Crippen LogP contribution >= 0.6 is 24.0 Å². The van der Waals surface area contributed by atoms with Gasteiger partial charge in [-0.15, -0.1) is 0 Å². The largest absolute Gasteiger partial charge is 0.450 e. The molecule has 1 unspecified atom stereocenters. The number of amides is 1. The summed E-state index contributed by atoms with van der Waals surface area (Å²) in [7, 11) is 0. The minimum absolute atomic E-state index is 0.0944. The molecule has 1 fully saturated rings. The van der Waals surface area contributed by atoms with Gasteiger partial charge >= 0.3 is 6.09 Å². The molecule has 1 amide bonds. The summed E-state index contributed by atoms with van der Waals surface area (Å²) in [5, 5.41) is 2.48. The van der Waals surface area contributed by atoms with Gasteiger partial charge in [0, 0.05) is 10.6 Å². The molecule has 1 atom stereocenters. The second kappa shape index (κ2) is 4.94. The third kappa shape index (κ3) is 2.49. The molecule has 1 N–H and O–H groups in total. The van der Waals surface area contributed by atoms with Crippen molar-refractivity contribution in [3.63, 3.8) is 0 Å². The molecule has 1 aliphatic rings. The number of nitrogens with one attached hydrogen (secondary N) is 1. The van der Waals surface area contributed by atoms with Crippen molar-refractivity contribution in [3.05, 3.63) is 0 Å². The number of hydrogen-bond acceptors (Lipinski definition) is 5. The lowest BCUT2D eigenvalue weighted by Gasteiger charge is -2.26. The van der Waals surface area contributed by atoms with Crippen molar-refractivity contribution in [2.24, 2.45) is 0 Å². The number of hydrogen-bond donors (Lipinski definition) is 1. The summed E-state index contributed by atoms with van der Waals surface area (Å²) in [6.07, 6.45) is -0.0393. The van der Waals surface area contributed by atoms with Crippen molar-refractivity contribution in [1.82, 2.24) is 5.32 Å². The molecule has 6 heteroatoms. The van der Waals surface area contributed by atoms with Crippen LogP contribution in [0.5, 0.6) is 0 Å². The first-order valence-electron chi connectivity index (χ1n) is 4.66. The van der Waals surface area contributed by atoms with E-state index in [9.17, 15) is 9.59 Å². The van der Waals surface area contributed by atoms with E-state index in [-0.39, 0.29) is 11.7 Å². The maximum atomic E-state index is 11.7. The number of thiocarbonyl (C=S) groups is 1. The smallest absolute Gasteiger partial charge is 0.408 e. The quantitative estimate of drug-likeness (QED) is 0.766. The van der Waals surface area contributed by atoms with E-state index in [1.165, 1.54) is 11.8 Å². The molecule has 1 aliphatic heterocycles. The maximum Gasteiger partial charge on any atom is 0.408 e. The van der Waals surface area contributed by atoms with Gasteiger partial charge in [-0.25, -0.2) is 4.79 Å². The van der Waals surface area contributed by atoms with Gasteiger partial charge in [0.1, 0.15) is 5.54 Å². The molecule has 0 aliphatic carbocycles. The highest BCUT2D eigenvalue weighted by molar-refractivity contribution is 8.14. The lowest BCUT2D eigenvalue weighted by Crippen LogP contribution is -2.55. The Morgan fingerprint density at radius 1 is 1.73 bits per heavy atom. The van der Waals surface area contributed by atoms with Crippen LogP contribution in [0, 0.1) is 0 Å². The van der Waals surface area contributed by atoms with E-state index in [0.29, 0.717) is 17.0 Å². The molecule has 1 rings (SSSR count). The molecular weight excluding hydrogens is 234 g/mol. The van der Waals surface area contributed by atoms with Gasteiger partial charge in [0.15, 0.2) is 0 Å². The van der Waals surface area contributed by atoms with Gasteiger partial charge in [0.05, 0.1) is 6.61 Å². The van der Waals surface area contributed by atoms with Crippen molar-refractivity contribution in [3.8, 4) is 0 Å². The molecular formula is C9H13NO3S2. The summed E-state index contributed by atoms with van der Waals surface area (Å²) in [5.41, 5.74) is -0.994. The molecule has 0 radical (unpaired) electrons. The van der Waals surface area contributed by atoms with Gasteiger partial charge in [0.2, 0.25) is 5.12 Å². The van der Waals surface area contributed by atoms with Gasteiger partial charge < -0.3 is 10.1 Å². The summed E-state index contributed by atoms with van der Waals surface area (Å²) in [6, 6.07) is 0. The summed E-state index contributed by atoms with van der Waals surface area (Å²) in [5.74, 6) is 0.680. The monoisotopic (exact) mass is 247 g/mol. The predicted octanol–water partition coefficient (Wildman–Crippen LogP) is 1.52. The van der Waals surface area contributed by atoms with Gasteiger partial charge in [-0.05, 0) is 20.3 Å². The van der Waals surface area contributed by atoms with E-state index in [0.717, 1.165) is 0 Å². The van der Waals surface area contributed by atoms with Gasteiger partial charge in [-0.2, -0.15) is 0 Å². The van der Waals surface area contributed by atoms with E-state index in [4.69, 9.17) is 17.0 Å². The van der Waals surface area contributed by atoms with Crippen molar-refractivity contribution in [2.75, 3.05) is 12.4 Å². The van der Waals surface area contributed by atoms with Crippen LogP contribution in [0.25, 0.3) is 0 Å². The van der Waals surface area contributed by atoms with E-state index in [1.807, 2.05) is 0 Å². The number of alkyl carbamates (subject to hydrolysis) is 1. The Bertz CT molecular complexity index is 306. The topological polar surface area (TPSA) is 55.4 Å². The van der Waals surface area contributed by atoms with E-state index in [1.54, 1.807) is 13.8 Å². The van der Waals surface area contributed by atoms with E-state index < -0.39 is 11.6 Å². The van der Waals surface area contributed by atoms with E-state index in [2.05, 4.69) is 5.32 Å². The van der Waals surface area contributed by atoms with E-state index >= 15 is 0 Å². The van der Waals surface area contributed by atoms with Crippen molar-refractivity contribution in [2.45, 2.75) is 25.8 Å². The molecule has 0 bridgehead atoms. The Morgan fingerprint density at radius 2 is 2.40 bits per heavy atom. The SMILES string of the molecule is CCOC(=O)NC1(C(C)=S)CCSC1=O. The number of rotatable bonds is 3. The fourth-order valence-electron chi connectivity index (χ4n) is 1.38. The lowest BCUT2D eigenvalue weighted by molar-refractivity contribution is -0.113. The fourth-order valence-corrected chi connectivity index (χ4v) is 2.84. The molecule has 0 aromatic heterocycles. The molecule has 1 saturated heterocycles. The zero-order valence-corrected chi connectivity index (χ0v) is 10.3. The molecule has 0 saturated carbocycles. The fraction of sp³-hybridized carbons (Fsp3) is 0.667. The number of ether oxygens (including phenoxy) is 1. The van der Waals surface area contributed by atoms with Gasteiger partial charge in [0.25, 0.3) is 0 Å². The average Bonchev–Trinajstić information content (AvgIpc) is 2.49. The van der Waals surface area contributed by atoms with Gasteiger partial charge in [-0.3, -0.25) is 4.79 Å². The standard InChI is InChI=1S/C9H13NO3S2/c1-3-13-8(12)10-9(6(2)14)4-5-15-7(9)11/h3-5H2,1-2H3,(H,10,12). The molecule has 4 nitrogen and oxygen atoms in total. The Morgan fingerprint density at radius 3 is 2.80 bits per heavy atom. The first kappa shape index (κ1) is 12.4. The Labute approximate surface area is 98.1 Å². The average molecular weight is 247 g/mol. The summed E-state index contributed by atoms with van der Waals surface area (Å²) < 4.78 is 4.76. The zero-order chi connectivity index (χ0) is 11.5. The normalized spacial score (nSPS) is 25.1. The van der Waals surface area contributed by atoms with Gasteiger partial charge in [-0.1, -0.05) is 24.0 Å². The first-order chi connectivity index (χ1) is 7.03. The predicted molar refractivity (Wildman–Crippen MR) is 63.2 cm³/mol. The van der Waals surface area contributed by atoms with Crippen LogP contribution in [0.2, 0.25) is 0 Å². The first-order valence-corrected chi connectivity index (χ1v) is 6.05. The molecule has 0 aromatic carbocycles. The van der Waals surface area contributed by atoms with Crippen molar-refractivity contribution in [1.29, 1.82) is 0 Å². The number of carbonyl (C=O) groups is 2. The summed E-state index contributed by atoms with van der Waals surface area (Å²) >= 11 is 6.24. The highest BCUT2D eigenvalue weighted by Gasteiger charge is 2.46. The third-order valence-electron chi connectivity index (χ3n) is 2.25. The van der Waals surface area contributed by atoms with Crippen LogP contribution in [0.3, 0.4) is 0 Å². The molecule has 0 aromatic rings. The Hall–Kier alpha value is -0.620. The van der Waals surface area contributed by atoms with Crippen molar-refractivity contribution < 1.29 is 14.3 Å². The van der Waals surface area contributed by atoms with Crippen molar-refractivity contribution >= 4 is 40.1 Å². The number of thioether (sulfide) groups is 1. The second-order valence-electron chi connectivity index (χ2n) is 3.19. The van der Waals surface area contributed by atoms with Crippen LogP contribution in [0.1, 0.15) is 20.3 Å². The maximum absolute atomic E-state index is 11.7. The Balaban J connectivity index is 2.79. The third-order valence-corrected chi connectivity index (χ3v) is 3.62. The Kier molecular flexibility index (Phi) is 4.10. The highest BCUT2D eigenvalue weighted by Crippen LogP contribution is 2.31. The number of carbonyl (C=O) groups excluding carboxylic acids is 2. The van der Waals surface area contributed by atoms with Crippen LogP contribution in [-0.2, 0) is 9.53 Å². The van der Waals surface area contributed by atoms with Crippen LogP contribution in [-0.4, -0.2) is 34.0 Å². The minimum Gasteiger partial charge on any atom is -0.450 e. The van der Waals surface area contributed by atoms with Crippen LogP contribution in [0.4, 0.5) is 4.79 Å². The molecule has 15 heavy (non-hydrogen) atoms. The summed E-state index contributed by atoms with van der Waals surface area (Å²) in [4.78, 5) is 23.5. The summed E-state index contributed by atoms with van der Waals surface area (Å²) in [6.45, 7) is 3.66. The molecule has 84 valence electrons. The highest BCUT2D eigenvalue weighted by atomic mass is 32.2. The zero-order valence-electron chi connectivity index (χ0n) is 8.66.